The Balaban J connectivity index is 1.73. The molecule has 2 N–H and O–H groups in total. The van der Waals surface area contributed by atoms with Gasteiger partial charge in [0, 0.05) is 12.6 Å². The fourth-order valence-electron chi connectivity index (χ4n) is 2.48. The third kappa shape index (κ3) is 4.16. The van der Waals surface area contributed by atoms with Gasteiger partial charge in [-0.2, -0.15) is 0 Å². The monoisotopic (exact) mass is 278 g/mol. The average Bonchev–Trinajstić information content (AvgIpc) is 2.48. The Morgan fingerprint density at radius 1 is 1.35 bits per heavy atom. The van der Waals surface area contributed by atoms with Crippen LogP contribution in [0.4, 0.5) is 5.82 Å². The summed E-state index contributed by atoms with van der Waals surface area (Å²) in [6.07, 6.45) is 7.75. The molecule has 0 aromatic carbocycles. The SMILES string of the molecule is CC(CCNc1cnc(C(=O)O)cn1)N1CCCCC1. The molecule has 1 aromatic rings. The molecule has 6 nitrogen and oxygen atoms in total. The van der Waals surface area contributed by atoms with Crippen molar-refractivity contribution >= 4 is 11.8 Å². The molecule has 1 atom stereocenters. The van der Waals surface area contributed by atoms with Gasteiger partial charge in [0.15, 0.2) is 5.69 Å². The summed E-state index contributed by atoms with van der Waals surface area (Å²) in [7, 11) is 0. The van der Waals surface area contributed by atoms with Gasteiger partial charge in [0.2, 0.25) is 0 Å². The molecule has 0 radical (unpaired) electrons. The van der Waals surface area contributed by atoms with Crippen molar-refractivity contribution in [1.29, 1.82) is 0 Å². The van der Waals surface area contributed by atoms with E-state index in [9.17, 15) is 4.79 Å². The number of carboxylic acids is 1. The van der Waals surface area contributed by atoms with Gasteiger partial charge in [-0.25, -0.2) is 14.8 Å². The summed E-state index contributed by atoms with van der Waals surface area (Å²) in [5.41, 5.74) is -0.0303. The van der Waals surface area contributed by atoms with Crippen molar-refractivity contribution in [2.75, 3.05) is 25.0 Å². The average molecular weight is 278 g/mol. The predicted octanol–water partition coefficient (Wildman–Crippen LogP) is 1.85. The molecule has 0 spiro atoms. The van der Waals surface area contributed by atoms with Gasteiger partial charge in [-0.1, -0.05) is 6.42 Å². The molecule has 20 heavy (non-hydrogen) atoms. The minimum absolute atomic E-state index is 0.0303. The number of anilines is 1. The lowest BCUT2D eigenvalue weighted by atomic mass is 10.1. The van der Waals surface area contributed by atoms with Crippen molar-refractivity contribution in [3.8, 4) is 0 Å². The topological polar surface area (TPSA) is 78.3 Å². The summed E-state index contributed by atoms with van der Waals surface area (Å²) in [5.74, 6) is -0.427. The minimum atomic E-state index is -1.05. The Hall–Kier alpha value is -1.69. The fraction of sp³-hybridized carbons (Fsp3) is 0.643. The van der Waals surface area contributed by atoms with Crippen LogP contribution in [0.25, 0.3) is 0 Å². The molecular weight excluding hydrogens is 256 g/mol. The minimum Gasteiger partial charge on any atom is -0.476 e. The first kappa shape index (κ1) is 14.7. The predicted molar refractivity (Wildman–Crippen MR) is 77.0 cm³/mol. The van der Waals surface area contributed by atoms with Crippen LogP contribution in [-0.4, -0.2) is 51.6 Å². The van der Waals surface area contributed by atoms with Crippen LogP contribution in [0.2, 0.25) is 0 Å². The summed E-state index contributed by atoms with van der Waals surface area (Å²) >= 11 is 0. The van der Waals surface area contributed by atoms with Crippen LogP contribution < -0.4 is 5.32 Å². The number of hydrogen-bond acceptors (Lipinski definition) is 5. The Morgan fingerprint density at radius 2 is 2.10 bits per heavy atom. The quantitative estimate of drug-likeness (QED) is 0.827. The molecular formula is C14H22N4O2. The maximum atomic E-state index is 10.7. The highest BCUT2D eigenvalue weighted by molar-refractivity contribution is 5.84. The van der Waals surface area contributed by atoms with Gasteiger partial charge in [-0.15, -0.1) is 0 Å². The number of rotatable bonds is 6. The summed E-state index contributed by atoms with van der Waals surface area (Å²) in [6, 6.07) is 0.564. The molecule has 1 aromatic heterocycles. The van der Waals surface area contributed by atoms with E-state index in [1.165, 1.54) is 44.7 Å². The molecule has 110 valence electrons. The first-order valence-electron chi connectivity index (χ1n) is 7.20. The zero-order chi connectivity index (χ0) is 14.4. The highest BCUT2D eigenvalue weighted by atomic mass is 16.4. The number of likely N-dealkylation sites (tertiary alicyclic amines) is 1. The van der Waals surface area contributed by atoms with E-state index in [0.717, 1.165) is 13.0 Å². The number of aromatic carboxylic acids is 1. The van der Waals surface area contributed by atoms with Crippen molar-refractivity contribution in [3.63, 3.8) is 0 Å². The molecule has 1 fully saturated rings. The summed E-state index contributed by atoms with van der Waals surface area (Å²) < 4.78 is 0. The van der Waals surface area contributed by atoms with Crippen LogP contribution in [0.5, 0.6) is 0 Å². The van der Waals surface area contributed by atoms with Crippen molar-refractivity contribution in [2.45, 2.75) is 38.6 Å². The van der Waals surface area contributed by atoms with E-state index in [-0.39, 0.29) is 5.69 Å². The molecule has 2 rings (SSSR count). The van der Waals surface area contributed by atoms with Crippen molar-refractivity contribution < 1.29 is 9.90 Å². The van der Waals surface area contributed by atoms with Gasteiger partial charge in [-0.05, 0) is 39.3 Å². The van der Waals surface area contributed by atoms with Crippen LogP contribution in [0, 0.1) is 0 Å². The molecule has 1 aliphatic rings. The van der Waals surface area contributed by atoms with E-state index >= 15 is 0 Å². The largest absolute Gasteiger partial charge is 0.476 e. The molecule has 6 heteroatoms. The maximum absolute atomic E-state index is 10.7. The number of nitrogens with one attached hydrogen (secondary N) is 1. The van der Waals surface area contributed by atoms with Crippen LogP contribution in [0.1, 0.15) is 43.1 Å². The zero-order valence-corrected chi connectivity index (χ0v) is 11.9. The van der Waals surface area contributed by atoms with Crippen molar-refractivity contribution in [1.82, 2.24) is 14.9 Å². The Morgan fingerprint density at radius 3 is 2.70 bits per heavy atom. The van der Waals surface area contributed by atoms with Crippen LogP contribution in [0.15, 0.2) is 12.4 Å². The molecule has 0 aliphatic carbocycles. The highest BCUT2D eigenvalue weighted by Crippen LogP contribution is 2.14. The molecule has 0 saturated carbocycles. The van der Waals surface area contributed by atoms with Crippen LogP contribution in [0.3, 0.4) is 0 Å². The molecule has 1 unspecified atom stereocenters. The number of carbonyl (C=O) groups is 1. The van der Waals surface area contributed by atoms with Crippen LogP contribution >= 0.6 is 0 Å². The summed E-state index contributed by atoms with van der Waals surface area (Å²) in [4.78, 5) is 21.1. The Bertz CT molecular complexity index is 429. The number of piperidine rings is 1. The third-order valence-corrected chi connectivity index (χ3v) is 3.75. The van der Waals surface area contributed by atoms with Crippen molar-refractivity contribution in [2.24, 2.45) is 0 Å². The summed E-state index contributed by atoms with van der Waals surface area (Å²) in [5, 5.41) is 11.9. The molecule has 1 aliphatic heterocycles. The third-order valence-electron chi connectivity index (χ3n) is 3.75. The van der Waals surface area contributed by atoms with Gasteiger partial charge in [0.25, 0.3) is 0 Å². The zero-order valence-electron chi connectivity index (χ0n) is 11.9. The molecule has 0 amide bonds. The molecule has 0 bridgehead atoms. The highest BCUT2D eigenvalue weighted by Gasteiger charge is 2.16. The van der Waals surface area contributed by atoms with E-state index in [1.54, 1.807) is 0 Å². The van der Waals surface area contributed by atoms with E-state index in [4.69, 9.17) is 5.11 Å². The van der Waals surface area contributed by atoms with Gasteiger partial charge >= 0.3 is 5.97 Å². The van der Waals surface area contributed by atoms with E-state index < -0.39 is 5.97 Å². The summed E-state index contributed by atoms with van der Waals surface area (Å²) in [6.45, 7) is 5.48. The molecule has 1 saturated heterocycles. The maximum Gasteiger partial charge on any atom is 0.356 e. The van der Waals surface area contributed by atoms with E-state index in [0.29, 0.717) is 11.9 Å². The number of hydrogen-bond donors (Lipinski definition) is 2. The first-order valence-corrected chi connectivity index (χ1v) is 7.20. The normalized spacial score (nSPS) is 17.6. The Labute approximate surface area is 119 Å². The van der Waals surface area contributed by atoms with Crippen LogP contribution in [-0.2, 0) is 0 Å². The lowest BCUT2D eigenvalue weighted by Crippen LogP contribution is -2.38. The smallest absolute Gasteiger partial charge is 0.356 e. The number of carboxylic acid groups (broad SMARTS) is 1. The lowest BCUT2D eigenvalue weighted by molar-refractivity contribution is 0.0690. The molecule has 2 heterocycles. The fourth-order valence-corrected chi connectivity index (χ4v) is 2.48. The standard InChI is InChI=1S/C14H22N4O2/c1-11(18-7-3-2-4-8-18)5-6-15-13-10-16-12(9-17-13)14(19)20/h9-11H,2-8H2,1H3,(H,15,17)(H,19,20). The van der Waals surface area contributed by atoms with Crippen molar-refractivity contribution in [3.05, 3.63) is 18.1 Å². The van der Waals surface area contributed by atoms with Gasteiger partial charge in [-0.3, -0.25) is 0 Å². The Kier molecular flexibility index (Phi) is 5.29. The van der Waals surface area contributed by atoms with Gasteiger partial charge in [0.05, 0.1) is 12.4 Å². The lowest BCUT2D eigenvalue weighted by Gasteiger charge is -2.32. The second-order valence-corrected chi connectivity index (χ2v) is 5.25. The number of nitrogens with zero attached hydrogens (tertiary/aromatic N) is 3. The first-order chi connectivity index (χ1) is 9.66. The van der Waals surface area contributed by atoms with Gasteiger partial charge < -0.3 is 15.3 Å². The van der Waals surface area contributed by atoms with Gasteiger partial charge in [0.1, 0.15) is 5.82 Å². The number of aromatic nitrogens is 2. The second-order valence-electron chi connectivity index (χ2n) is 5.25. The van der Waals surface area contributed by atoms with E-state index in [1.807, 2.05) is 0 Å². The van der Waals surface area contributed by atoms with E-state index in [2.05, 4.69) is 27.1 Å². The second kappa shape index (κ2) is 7.19.